The van der Waals surface area contributed by atoms with Gasteiger partial charge in [-0.3, -0.25) is 0 Å². The molecule has 0 atom stereocenters. The van der Waals surface area contributed by atoms with Crippen LogP contribution < -0.4 is 9.80 Å². The number of fused-ring (bicyclic) bond motifs is 1. The quantitative estimate of drug-likeness (QED) is 0.753. The van der Waals surface area contributed by atoms with Crippen LogP contribution >= 0.6 is 22.9 Å². The molecule has 0 bridgehead atoms. The van der Waals surface area contributed by atoms with Crippen molar-refractivity contribution in [3.8, 4) is 0 Å². The van der Waals surface area contributed by atoms with Gasteiger partial charge in [0.05, 0.1) is 13.2 Å². The van der Waals surface area contributed by atoms with Crippen LogP contribution in [0.5, 0.6) is 0 Å². The topological polar surface area (TPSA) is 57.6 Å². The fourth-order valence-electron chi connectivity index (χ4n) is 3.47. The van der Waals surface area contributed by atoms with Crippen molar-refractivity contribution in [1.29, 1.82) is 0 Å². The molecule has 0 radical (unpaired) electrons. The molecule has 9 heteroatoms. The lowest BCUT2D eigenvalue weighted by atomic mass is 10.0. The molecular formula is C16H23ClN6OS. The minimum Gasteiger partial charge on any atom is -0.378 e. The number of anilines is 2. The van der Waals surface area contributed by atoms with Gasteiger partial charge in [0.15, 0.2) is 16.6 Å². The molecule has 2 aromatic rings. The number of ether oxygens (including phenoxy) is 1. The third-order valence-corrected chi connectivity index (χ3v) is 6.24. The molecule has 7 nitrogen and oxygen atoms in total. The SMILES string of the molecule is CN(C)C1CCN(c2nc3nc(Cl)nc(N4CCOCC4)c3s2)CC1. The number of hydrogen-bond donors (Lipinski definition) is 0. The van der Waals surface area contributed by atoms with Crippen molar-refractivity contribution in [2.45, 2.75) is 18.9 Å². The Morgan fingerprint density at radius 3 is 2.44 bits per heavy atom. The number of thiazole rings is 1. The lowest BCUT2D eigenvalue weighted by molar-refractivity contribution is 0.122. The first kappa shape index (κ1) is 17.2. The fourth-order valence-corrected chi connectivity index (χ4v) is 4.71. The third-order valence-electron chi connectivity index (χ3n) is 4.97. The monoisotopic (exact) mass is 382 g/mol. The van der Waals surface area contributed by atoms with Crippen LogP contribution in [0.25, 0.3) is 10.3 Å². The fraction of sp³-hybridized carbons (Fsp3) is 0.688. The molecule has 4 rings (SSSR count). The second kappa shape index (κ2) is 7.19. The van der Waals surface area contributed by atoms with Crippen molar-refractivity contribution in [3.05, 3.63) is 5.28 Å². The Morgan fingerprint density at radius 1 is 1.04 bits per heavy atom. The molecule has 2 aromatic heterocycles. The summed E-state index contributed by atoms with van der Waals surface area (Å²) < 4.78 is 6.47. The van der Waals surface area contributed by atoms with E-state index in [1.165, 1.54) is 0 Å². The molecule has 0 N–H and O–H groups in total. The molecular weight excluding hydrogens is 360 g/mol. The molecule has 0 amide bonds. The Kier molecular flexibility index (Phi) is 4.95. The molecule has 2 saturated heterocycles. The molecule has 136 valence electrons. The smallest absolute Gasteiger partial charge is 0.226 e. The Balaban J connectivity index is 1.61. The predicted octanol–water partition coefficient (Wildman–Crippen LogP) is 2.11. The lowest BCUT2D eigenvalue weighted by Crippen LogP contribution is -2.41. The highest BCUT2D eigenvalue weighted by molar-refractivity contribution is 7.22. The highest BCUT2D eigenvalue weighted by atomic mass is 35.5. The zero-order valence-electron chi connectivity index (χ0n) is 14.6. The average molecular weight is 383 g/mol. The summed E-state index contributed by atoms with van der Waals surface area (Å²) in [5.41, 5.74) is 0.705. The number of piperidine rings is 1. The molecule has 0 aliphatic carbocycles. The summed E-state index contributed by atoms with van der Waals surface area (Å²) in [7, 11) is 4.31. The summed E-state index contributed by atoms with van der Waals surface area (Å²) in [6, 6.07) is 0.656. The normalized spacial score (nSPS) is 20.0. The number of morpholine rings is 1. The van der Waals surface area contributed by atoms with Gasteiger partial charge in [-0.2, -0.15) is 15.0 Å². The molecule has 2 aliphatic rings. The molecule has 0 aromatic carbocycles. The third kappa shape index (κ3) is 3.53. The second-order valence-electron chi connectivity index (χ2n) is 6.75. The highest BCUT2D eigenvalue weighted by Gasteiger charge is 2.25. The van der Waals surface area contributed by atoms with E-state index in [1.807, 2.05) is 0 Å². The molecule has 0 saturated carbocycles. The van der Waals surface area contributed by atoms with Gasteiger partial charge in [0.2, 0.25) is 5.28 Å². The van der Waals surface area contributed by atoms with E-state index in [2.05, 4.69) is 38.8 Å². The number of halogens is 1. The van der Waals surface area contributed by atoms with Gasteiger partial charge in [-0.15, -0.1) is 0 Å². The Labute approximate surface area is 156 Å². The van der Waals surface area contributed by atoms with E-state index in [1.54, 1.807) is 11.3 Å². The first-order valence-electron chi connectivity index (χ1n) is 8.70. The van der Waals surface area contributed by atoms with Crippen molar-refractivity contribution in [1.82, 2.24) is 19.9 Å². The first-order chi connectivity index (χ1) is 12.1. The molecule has 2 aliphatic heterocycles. The number of rotatable bonds is 3. The van der Waals surface area contributed by atoms with Crippen LogP contribution in [0.3, 0.4) is 0 Å². The van der Waals surface area contributed by atoms with Crippen LogP contribution in [0.15, 0.2) is 0 Å². The van der Waals surface area contributed by atoms with Crippen molar-refractivity contribution in [3.63, 3.8) is 0 Å². The van der Waals surface area contributed by atoms with E-state index in [0.717, 1.165) is 54.7 Å². The molecule has 25 heavy (non-hydrogen) atoms. The van der Waals surface area contributed by atoms with Crippen LogP contribution in [-0.2, 0) is 4.74 Å². The summed E-state index contributed by atoms with van der Waals surface area (Å²) in [6.07, 6.45) is 2.32. The number of hydrogen-bond acceptors (Lipinski definition) is 8. The maximum Gasteiger partial charge on any atom is 0.226 e. The van der Waals surface area contributed by atoms with Gasteiger partial charge >= 0.3 is 0 Å². The summed E-state index contributed by atoms with van der Waals surface area (Å²) in [6.45, 7) is 5.13. The summed E-state index contributed by atoms with van der Waals surface area (Å²) >= 11 is 7.83. The Bertz CT molecular complexity index is 740. The van der Waals surface area contributed by atoms with Gasteiger partial charge in [-0.25, -0.2) is 0 Å². The van der Waals surface area contributed by atoms with E-state index in [-0.39, 0.29) is 5.28 Å². The predicted molar refractivity (Wildman–Crippen MR) is 102 cm³/mol. The largest absolute Gasteiger partial charge is 0.378 e. The summed E-state index contributed by atoms with van der Waals surface area (Å²) in [4.78, 5) is 20.5. The standard InChI is InChI=1S/C16H23ClN6OS/c1-21(2)11-3-5-23(6-4-11)16-19-13-12(25-16)14(20-15(17)18-13)22-7-9-24-10-8-22/h11H,3-10H2,1-2H3. The first-order valence-corrected chi connectivity index (χ1v) is 9.89. The van der Waals surface area contributed by atoms with Gasteiger partial charge in [0, 0.05) is 32.2 Å². The van der Waals surface area contributed by atoms with Gasteiger partial charge < -0.3 is 19.4 Å². The summed E-state index contributed by atoms with van der Waals surface area (Å²) in [5, 5.41) is 1.29. The van der Waals surface area contributed by atoms with Gasteiger partial charge in [-0.05, 0) is 38.5 Å². The Hall–Kier alpha value is -1.22. The Morgan fingerprint density at radius 2 is 1.76 bits per heavy atom. The van der Waals surface area contributed by atoms with Crippen molar-refractivity contribution in [2.24, 2.45) is 0 Å². The van der Waals surface area contributed by atoms with E-state index in [4.69, 9.17) is 21.3 Å². The average Bonchev–Trinajstić information content (AvgIpc) is 3.05. The van der Waals surface area contributed by atoms with Gasteiger partial charge in [0.25, 0.3) is 0 Å². The van der Waals surface area contributed by atoms with Crippen LogP contribution in [0.4, 0.5) is 10.9 Å². The summed E-state index contributed by atoms with van der Waals surface area (Å²) in [5.74, 6) is 0.894. The van der Waals surface area contributed by atoms with Crippen LogP contribution in [0.1, 0.15) is 12.8 Å². The maximum absolute atomic E-state index is 6.16. The van der Waals surface area contributed by atoms with Crippen LogP contribution in [0.2, 0.25) is 5.28 Å². The second-order valence-corrected chi connectivity index (χ2v) is 8.06. The minimum absolute atomic E-state index is 0.261. The van der Waals surface area contributed by atoms with E-state index < -0.39 is 0 Å². The van der Waals surface area contributed by atoms with Crippen LogP contribution in [0, 0.1) is 0 Å². The zero-order chi connectivity index (χ0) is 17.4. The lowest BCUT2D eigenvalue weighted by Gasteiger charge is -2.34. The highest BCUT2D eigenvalue weighted by Crippen LogP contribution is 2.36. The molecule has 0 unspecified atom stereocenters. The van der Waals surface area contributed by atoms with E-state index in [0.29, 0.717) is 24.9 Å². The van der Waals surface area contributed by atoms with Gasteiger partial charge in [0.1, 0.15) is 4.70 Å². The maximum atomic E-state index is 6.16. The molecule has 4 heterocycles. The molecule has 2 fully saturated rings. The molecule has 0 spiro atoms. The van der Waals surface area contributed by atoms with Crippen molar-refractivity contribution in [2.75, 3.05) is 63.3 Å². The van der Waals surface area contributed by atoms with Crippen molar-refractivity contribution < 1.29 is 4.74 Å². The van der Waals surface area contributed by atoms with Crippen LogP contribution in [-0.4, -0.2) is 79.4 Å². The number of nitrogens with zero attached hydrogens (tertiary/aromatic N) is 6. The van der Waals surface area contributed by atoms with Gasteiger partial charge in [-0.1, -0.05) is 11.3 Å². The minimum atomic E-state index is 0.261. The zero-order valence-corrected chi connectivity index (χ0v) is 16.2. The van der Waals surface area contributed by atoms with Crippen molar-refractivity contribution >= 4 is 44.2 Å². The van der Waals surface area contributed by atoms with E-state index in [9.17, 15) is 0 Å². The number of aromatic nitrogens is 3. The van der Waals surface area contributed by atoms with E-state index >= 15 is 0 Å².